The smallest absolute Gasteiger partial charge is 0.247 e. The molecule has 1 amide bonds. The van der Waals surface area contributed by atoms with E-state index in [2.05, 4.69) is 31.1 Å². The average molecular weight is 487 g/mol. The Kier molecular flexibility index (Phi) is 4.75. The number of ether oxygens (including phenoxy) is 3. The number of hydrogen-bond donors (Lipinski definition) is 0. The Morgan fingerprint density at radius 1 is 1.17 bits per heavy atom. The number of amides is 1. The fraction of sp³-hybridized carbons (Fsp3) is 0.200. The van der Waals surface area contributed by atoms with Gasteiger partial charge in [-0.25, -0.2) is 0 Å². The van der Waals surface area contributed by atoms with Gasteiger partial charge in [0, 0.05) is 22.5 Å². The van der Waals surface area contributed by atoms with E-state index in [-0.39, 0.29) is 12.7 Å². The number of aromatic nitrogens is 3. The van der Waals surface area contributed by atoms with Crippen LogP contribution in [0.5, 0.6) is 17.4 Å². The fourth-order valence-corrected chi connectivity index (χ4v) is 4.10. The van der Waals surface area contributed by atoms with Gasteiger partial charge in [0.05, 0.1) is 5.69 Å². The Labute approximate surface area is 184 Å². The zero-order valence-corrected chi connectivity index (χ0v) is 18.4. The molecule has 3 aromatic rings. The van der Waals surface area contributed by atoms with Crippen LogP contribution in [0.15, 0.2) is 46.0 Å². The van der Waals surface area contributed by atoms with Gasteiger partial charge in [0.15, 0.2) is 17.2 Å². The molecule has 1 atom stereocenters. The number of anilines is 1. The van der Waals surface area contributed by atoms with Gasteiger partial charge in [-0.2, -0.15) is 4.98 Å². The van der Waals surface area contributed by atoms with Crippen molar-refractivity contribution in [2.75, 3.05) is 17.9 Å². The summed E-state index contributed by atoms with van der Waals surface area (Å²) in [6.07, 6.45) is 1.09. The van der Waals surface area contributed by atoms with Crippen molar-refractivity contribution in [3.8, 4) is 28.6 Å². The molecular weight excluding hydrogens is 472 g/mol. The minimum absolute atomic E-state index is 0.161. The molecule has 8 nitrogen and oxygen atoms in total. The molecule has 0 aliphatic carbocycles. The van der Waals surface area contributed by atoms with Crippen LogP contribution >= 0.6 is 27.7 Å². The highest BCUT2D eigenvalue weighted by atomic mass is 79.9. The van der Waals surface area contributed by atoms with E-state index in [9.17, 15) is 4.79 Å². The molecule has 152 valence electrons. The Bertz CT molecular complexity index is 1180. The number of carbonyl (C=O) groups excluding carboxylic acids is 1. The third-order valence-electron chi connectivity index (χ3n) is 4.77. The van der Waals surface area contributed by atoms with Gasteiger partial charge in [-0.15, -0.1) is 10.2 Å². The fourth-order valence-electron chi connectivity index (χ4n) is 3.45. The third-order valence-corrected chi connectivity index (χ3v) is 5.80. The number of halogens is 1. The summed E-state index contributed by atoms with van der Waals surface area (Å²) >= 11 is 4.86. The number of fused-ring (bicyclic) bond motifs is 4. The van der Waals surface area contributed by atoms with Gasteiger partial charge < -0.3 is 14.2 Å². The lowest BCUT2D eigenvalue weighted by Gasteiger charge is -2.30. The SMILES string of the molecule is CSc1nnc2c(n1)OC(c1ccc3c(c1)OCO3)N(C(C)=O)c1ccc(Br)cc1-2. The first kappa shape index (κ1) is 19.1. The molecular formula is C20H15BrN4O4S. The Morgan fingerprint density at radius 2 is 2.00 bits per heavy atom. The molecule has 0 saturated heterocycles. The summed E-state index contributed by atoms with van der Waals surface area (Å²) in [5.74, 6) is 1.37. The quantitative estimate of drug-likeness (QED) is 0.498. The van der Waals surface area contributed by atoms with E-state index in [4.69, 9.17) is 14.2 Å². The van der Waals surface area contributed by atoms with Crippen LogP contribution in [0.25, 0.3) is 11.3 Å². The monoisotopic (exact) mass is 486 g/mol. The summed E-state index contributed by atoms with van der Waals surface area (Å²) in [7, 11) is 0. The van der Waals surface area contributed by atoms with Crippen molar-refractivity contribution < 1.29 is 19.0 Å². The number of rotatable bonds is 2. The molecule has 0 N–H and O–H groups in total. The Hall–Kier alpha value is -2.85. The van der Waals surface area contributed by atoms with Crippen LogP contribution in [0, 0.1) is 0 Å². The molecule has 2 aromatic carbocycles. The molecule has 10 heteroatoms. The molecule has 0 saturated carbocycles. The van der Waals surface area contributed by atoms with Crippen molar-refractivity contribution in [3.05, 3.63) is 46.4 Å². The van der Waals surface area contributed by atoms with E-state index in [0.29, 0.717) is 39.5 Å². The van der Waals surface area contributed by atoms with E-state index < -0.39 is 6.23 Å². The van der Waals surface area contributed by atoms with Crippen molar-refractivity contribution in [2.45, 2.75) is 18.3 Å². The van der Waals surface area contributed by atoms with Gasteiger partial charge in [-0.1, -0.05) is 27.7 Å². The van der Waals surface area contributed by atoms with Gasteiger partial charge in [0.2, 0.25) is 30.0 Å². The van der Waals surface area contributed by atoms with E-state index in [1.165, 1.54) is 18.7 Å². The summed E-state index contributed by atoms with van der Waals surface area (Å²) in [6.45, 7) is 1.66. The first-order valence-corrected chi connectivity index (χ1v) is 11.0. The Morgan fingerprint density at radius 3 is 2.80 bits per heavy atom. The lowest BCUT2D eigenvalue weighted by molar-refractivity contribution is -0.118. The van der Waals surface area contributed by atoms with Gasteiger partial charge in [-0.3, -0.25) is 9.69 Å². The van der Waals surface area contributed by atoms with Crippen LogP contribution in [0.2, 0.25) is 0 Å². The minimum atomic E-state index is -0.774. The zero-order chi connectivity index (χ0) is 20.8. The number of carbonyl (C=O) groups is 1. The van der Waals surface area contributed by atoms with Crippen molar-refractivity contribution >= 4 is 39.3 Å². The van der Waals surface area contributed by atoms with Gasteiger partial charge in [0.1, 0.15) is 0 Å². The predicted octanol–water partition coefficient (Wildman–Crippen LogP) is 4.20. The molecule has 0 spiro atoms. The van der Waals surface area contributed by atoms with Crippen LogP contribution < -0.4 is 19.1 Å². The highest BCUT2D eigenvalue weighted by Crippen LogP contribution is 2.45. The lowest BCUT2D eigenvalue weighted by atomic mass is 10.1. The molecule has 30 heavy (non-hydrogen) atoms. The zero-order valence-electron chi connectivity index (χ0n) is 16.0. The summed E-state index contributed by atoms with van der Waals surface area (Å²) in [5, 5.41) is 8.99. The summed E-state index contributed by atoms with van der Waals surface area (Å²) < 4.78 is 18.1. The third kappa shape index (κ3) is 3.16. The highest BCUT2D eigenvalue weighted by molar-refractivity contribution is 9.10. The number of nitrogens with zero attached hydrogens (tertiary/aromatic N) is 4. The standard InChI is InChI=1S/C20H15BrN4O4S/c1-10(26)25-14-5-4-12(21)8-13(14)17-18(22-20(30-2)24-23-17)29-19(25)11-3-6-15-16(7-11)28-9-27-15/h3-8,19H,9H2,1-2H3. The number of thioether (sulfide) groups is 1. The Balaban J connectivity index is 1.74. The lowest BCUT2D eigenvalue weighted by Crippen LogP contribution is -2.36. The maximum atomic E-state index is 12.8. The molecule has 2 aliphatic heterocycles. The minimum Gasteiger partial charge on any atom is -0.454 e. The maximum Gasteiger partial charge on any atom is 0.247 e. The predicted molar refractivity (Wildman–Crippen MR) is 114 cm³/mol. The summed E-state index contributed by atoms with van der Waals surface area (Å²) in [6, 6.07) is 11.1. The molecule has 1 unspecified atom stereocenters. The topological polar surface area (TPSA) is 86.7 Å². The molecule has 3 heterocycles. The normalized spacial score (nSPS) is 16.4. The van der Waals surface area contributed by atoms with Crippen LogP contribution in [0.1, 0.15) is 18.7 Å². The largest absolute Gasteiger partial charge is 0.454 e. The first-order valence-electron chi connectivity index (χ1n) is 9.00. The van der Waals surface area contributed by atoms with Crippen LogP contribution in [-0.4, -0.2) is 34.1 Å². The first-order chi connectivity index (χ1) is 14.5. The highest BCUT2D eigenvalue weighted by Gasteiger charge is 2.35. The van der Waals surface area contributed by atoms with Gasteiger partial charge >= 0.3 is 0 Å². The average Bonchev–Trinajstić information content (AvgIpc) is 3.16. The maximum absolute atomic E-state index is 12.8. The molecule has 5 rings (SSSR count). The van der Waals surface area contributed by atoms with Crippen molar-refractivity contribution in [2.24, 2.45) is 0 Å². The van der Waals surface area contributed by atoms with Crippen LogP contribution in [0.3, 0.4) is 0 Å². The van der Waals surface area contributed by atoms with Crippen LogP contribution in [-0.2, 0) is 4.79 Å². The molecule has 0 fully saturated rings. The van der Waals surface area contributed by atoms with Gasteiger partial charge in [-0.05, 0) is 42.7 Å². The molecule has 1 aromatic heterocycles. The summed E-state index contributed by atoms with van der Waals surface area (Å²) in [4.78, 5) is 18.9. The second-order valence-electron chi connectivity index (χ2n) is 6.59. The van der Waals surface area contributed by atoms with Gasteiger partial charge in [0.25, 0.3) is 0 Å². The van der Waals surface area contributed by atoms with E-state index in [0.717, 1.165) is 10.0 Å². The van der Waals surface area contributed by atoms with E-state index >= 15 is 0 Å². The van der Waals surface area contributed by atoms with Crippen molar-refractivity contribution in [1.29, 1.82) is 0 Å². The molecule has 0 radical (unpaired) electrons. The molecule has 2 aliphatic rings. The van der Waals surface area contributed by atoms with E-state index in [1.54, 1.807) is 11.0 Å². The summed E-state index contributed by atoms with van der Waals surface area (Å²) in [5.41, 5.74) is 2.55. The van der Waals surface area contributed by atoms with Crippen LogP contribution in [0.4, 0.5) is 5.69 Å². The van der Waals surface area contributed by atoms with E-state index in [1.807, 2.05) is 36.6 Å². The van der Waals surface area contributed by atoms with Crippen molar-refractivity contribution in [1.82, 2.24) is 15.2 Å². The number of benzene rings is 2. The second kappa shape index (κ2) is 7.44. The van der Waals surface area contributed by atoms with Crippen molar-refractivity contribution in [3.63, 3.8) is 0 Å². The molecule has 0 bridgehead atoms. The number of hydrogen-bond acceptors (Lipinski definition) is 8. The second-order valence-corrected chi connectivity index (χ2v) is 8.27.